The second-order valence-electron chi connectivity index (χ2n) is 4.43. The third-order valence-corrected chi connectivity index (χ3v) is 3.77. The molecule has 0 amide bonds. The van der Waals surface area contributed by atoms with E-state index >= 15 is 0 Å². The molecule has 1 aliphatic rings. The average Bonchev–Trinajstić information content (AvgIpc) is 2.10. The molecule has 90 valence electrons. The molecule has 0 aliphatic carbocycles. The maximum atomic E-state index is 10.8. The second kappa shape index (κ2) is 6.89. The predicted molar refractivity (Wildman–Crippen MR) is 61.4 cm³/mol. The molecule has 1 fully saturated rings. The largest absolute Gasteiger partial charge is 1.00 e. The van der Waals surface area contributed by atoms with Crippen LogP contribution in [0, 0.1) is 0 Å². The van der Waals surface area contributed by atoms with E-state index in [0.717, 1.165) is 16.8 Å². The van der Waals surface area contributed by atoms with Crippen molar-refractivity contribution in [2.75, 3.05) is 52.6 Å². The van der Waals surface area contributed by atoms with Gasteiger partial charge in [0.15, 0.2) is 5.12 Å². The molecule has 1 saturated heterocycles. The fourth-order valence-corrected chi connectivity index (χ4v) is 2.50. The van der Waals surface area contributed by atoms with Crippen LogP contribution < -0.4 is 17.0 Å². The number of quaternary nitrogens is 1. The molecule has 1 aliphatic heterocycles. The zero-order valence-corrected chi connectivity index (χ0v) is 12.2. The van der Waals surface area contributed by atoms with Crippen molar-refractivity contribution in [3.8, 4) is 0 Å². The van der Waals surface area contributed by atoms with Gasteiger partial charge in [0.2, 0.25) is 0 Å². The zero-order valence-electron chi connectivity index (χ0n) is 9.83. The Morgan fingerprint density at radius 3 is 2.40 bits per heavy atom. The first-order valence-electron chi connectivity index (χ1n) is 5.17. The summed E-state index contributed by atoms with van der Waals surface area (Å²) in [5.41, 5.74) is 0. The molecule has 0 radical (unpaired) electrons. The minimum atomic E-state index is 0. The fraction of sp³-hybridized carbons (Fsp3) is 0.900. The van der Waals surface area contributed by atoms with Crippen molar-refractivity contribution >= 4 is 16.9 Å². The molecule has 0 N–H and O–H groups in total. The van der Waals surface area contributed by atoms with Gasteiger partial charge in [-0.05, 0) is 7.05 Å². The van der Waals surface area contributed by atoms with Gasteiger partial charge in [-0.2, -0.15) is 0 Å². The van der Waals surface area contributed by atoms with Crippen LogP contribution in [0.25, 0.3) is 0 Å². The quantitative estimate of drug-likeness (QED) is 0.545. The van der Waals surface area contributed by atoms with Gasteiger partial charge in [0.1, 0.15) is 0 Å². The van der Waals surface area contributed by atoms with Crippen LogP contribution in [0.1, 0.15) is 6.92 Å². The summed E-state index contributed by atoms with van der Waals surface area (Å²) in [6, 6.07) is 0. The minimum Gasteiger partial charge on any atom is -1.00 e. The van der Waals surface area contributed by atoms with E-state index in [0.29, 0.717) is 0 Å². The van der Waals surface area contributed by atoms with Crippen molar-refractivity contribution < 1.29 is 26.3 Å². The number of halogens is 1. The molecule has 0 unspecified atom stereocenters. The lowest BCUT2D eigenvalue weighted by Gasteiger charge is -2.40. The molecular weight excluding hydrogens is 276 g/mol. The molecule has 0 aromatic heterocycles. The fourth-order valence-electron chi connectivity index (χ4n) is 1.68. The minimum absolute atomic E-state index is 0. The number of hydrogen-bond acceptors (Lipinski definition) is 3. The van der Waals surface area contributed by atoms with Gasteiger partial charge in [-0.25, -0.2) is 0 Å². The third kappa shape index (κ3) is 5.90. The van der Waals surface area contributed by atoms with Crippen molar-refractivity contribution in [1.82, 2.24) is 4.90 Å². The highest BCUT2D eigenvalue weighted by Gasteiger charge is 2.26. The number of piperazine rings is 1. The Bertz CT molecular complexity index is 206. The van der Waals surface area contributed by atoms with E-state index in [-0.39, 0.29) is 22.1 Å². The summed E-state index contributed by atoms with van der Waals surface area (Å²) in [6.45, 7) is 7.57. The Morgan fingerprint density at radius 2 is 1.93 bits per heavy atom. The summed E-state index contributed by atoms with van der Waals surface area (Å²) in [5.74, 6) is 0.968. The maximum Gasteiger partial charge on any atom is 0.186 e. The number of likely N-dealkylation sites (N-methyl/N-ethyl adjacent to an activating group) is 2. The monoisotopic (exact) mass is 296 g/mol. The number of nitrogens with zero attached hydrogens (tertiary/aromatic N) is 2. The lowest BCUT2D eigenvalue weighted by Crippen LogP contribution is -3.00. The molecule has 0 saturated carbocycles. The first-order valence-corrected chi connectivity index (χ1v) is 6.16. The molecule has 5 heteroatoms. The molecule has 0 aromatic rings. The van der Waals surface area contributed by atoms with Crippen LogP contribution in [0.5, 0.6) is 0 Å². The van der Waals surface area contributed by atoms with Crippen molar-refractivity contribution in [3.63, 3.8) is 0 Å². The van der Waals surface area contributed by atoms with E-state index in [1.807, 2.05) is 0 Å². The molecule has 0 atom stereocenters. The van der Waals surface area contributed by atoms with E-state index in [2.05, 4.69) is 19.0 Å². The highest BCUT2D eigenvalue weighted by molar-refractivity contribution is 8.13. The smallest absolute Gasteiger partial charge is 0.186 e. The highest BCUT2D eigenvalue weighted by atomic mass is 79.9. The zero-order chi connectivity index (χ0) is 10.6. The van der Waals surface area contributed by atoms with Crippen LogP contribution in [-0.4, -0.2) is 67.1 Å². The molecule has 1 rings (SSSR count). The number of rotatable bonds is 3. The van der Waals surface area contributed by atoms with Crippen LogP contribution in [0.15, 0.2) is 0 Å². The highest BCUT2D eigenvalue weighted by Crippen LogP contribution is 2.11. The maximum absolute atomic E-state index is 10.8. The van der Waals surface area contributed by atoms with Crippen molar-refractivity contribution in [3.05, 3.63) is 0 Å². The number of thioether (sulfide) groups is 1. The summed E-state index contributed by atoms with van der Waals surface area (Å²) in [6.07, 6.45) is 0. The third-order valence-electron chi connectivity index (χ3n) is 2.98. The first kappa shape index (κ1) is 15.4. The van der Waals surface area contributed by atoms with E-state index in [1.54, 1.807) is 6.92 Å². The Hall–Kier alpha value is 0.420. The summed E-state index contributed by atoms with van der Waals surface area (Å²) >= 11 is 1.46. The Balaban J connectivity index is 0.00000196. The molecular formula is C10H21BrN2OS. The van der Waals surface area contributed by atoms with E-state index in [4.69, 9.17) is 0 Å². The van der Waals surface area contributed by atoms with Crippen LogP contribution in [0.2, 0.25) is 0 Å². The van der Waals surface area contributed by atoms with Gasteiger partial charge in [-0.1, -0.05) is 11.8 Å². The van der Waals surface area contributed by atoms with Gasteiger partial charge in [-0.15, -0.1) is 0 Å². The van der Waals surface area contributed by atoms with Crippen molar-refractivity contribution in [2.24, 2.45) is 0 Å². The second-order valence-corrected chi connectivity index (χ2v) is 5.71. The van der Waals surface area contributed by atoms with E-state index in [1.165, 1.54) is 37.9 Å². The number of carbonyl (C=O) groups excluding carboxylic acids is 1. The molecule has 0 bridgehead atoms. The van der Waals surface area contributed by atoms with Gasteiger partial charge in [0.25, 0.3) is 0 Å². The summed E-state index contributed by atoms with van der Waals surface area (Å²) in [5, 5.41) is 0.241. The molecule has 0 aromatic carbocycles. The average molecular weight is 297 g/mol. The standard InChI is InChI=1S/C10H21N2OS.BrH/c1-10(13)14-9-8-12(3)6-4-11(2)5-7-12;/h4-9H2,1-3H3;1H/q+1;/p-1. The normalized spacial score (nSPS) is 20.7. The van der Waals surface area contributed by atoms with Crippen LogP contribution in [-0.2, 0) is 4.79 Å². The summed E-state index contributed by atoms with van der Waals surface area (Å²) in [4.78, 5) is 13.2. The lowest BCUT2D eigenvalue weighted by molar-refractivity contribution is -0.911. The summed E-state index contributed by atoms with van der Waals surface area (Å²) < 4.78 is 1.13. The van der Waals surface area contributed by atoms with Crippen LogP contribution >= 0.6 is 11.8 Å². The summed E-state index contributed by atoms with van der Waals surface area (Å²) in [7, 11) is 4.47. The molecule has 3 nitrogen and oxygen atoms in total. The van der Waals surface area contributed by atoms with E-state index < -0.39 is 0 Å². The Kier molecular flexibility index (Phi) is 7.08. The van der Waals surface area contributed by atoms with Gasteiger partial charge >= 0.3 is 0 Å². The molecule has 0 spiro atoms. The van der Waals surface area contributed by atoms with Crippen molar-refractivity contribution in [1.29, 1.82) is 0 Å². The molecule has 15 heavy (non-hydrogen) atoms. The van der Waals surface area contributed by atoms with Crippen LogP contribution in [0.4, 0.5) is 0 Å². The van der Waals surface area contributed by atoms with E-state index in [9.17, 15) is 4.79 Å². The van der Waals surface area contributed by atoms with Gasteiger partial charge < -0.3 is 21.5 Å². The SMILES string of the molecule is CC(=O)SCC[N+]1(C)CCN(C)CC1.[Br-]. The van der Waals surface area contributed by atoms with Gasteiger partial charge in [0.05, 0.1) is 32.4 Å². The predicted octanol–water partition coefficient (Wildman–Crippen LogP) is -2.34. The Labute approximate surface area is 108 Å². The lowest BCUT2D eigenvalue weighted by atomic mass is 10.3. The van der Waals surface area contributed by atoms with Crippen LogP contribution in [0.3, 0.4) is 0 Å². The number of hydrogen-bond donors (Lipinski definition) is 0. The first-order chi connectivity index (χ1) is 6.52. The Morgan fingerprint density at radius 1 is 1.40 bits per heavy atom. The number of carbonyl (C=O) groups is 1. The topological polar surface area (TPSA) is 20.3 Å². The van der Waals surface area contributed by atoms with Gasteiger partial charge in [-0.3, -0.25) is 9.69 Å². The van der Waals surface area contributed by atoms with Gasteiger partial charge in [0, 0.05) is 20.0 Å². The van der Waals surface area contributed by atoms with Crippen molar-refractivity contribution in [2.45, 2.75) is 6.92 Å². The molecule has 1 heterocycles.